The number of methoxy groups -OCH3 is 1. The first-order valence-corrected chi connectivity index (χ1v) is 5.38. The van der Waals surface area contributed by atoms with Crippen molar-refractivity contribution in [2.45, 2.75) is 45.3 Å². The van der Waals surface area contributed by atoms with E-state index in [2.05, 4.69) is 25.8 Å². The first kappa shape index (κ1) is 11.0. The van der Waals surface area contributed by atoms with Crippen molar-refractivity contribution in [3.8, 4) is 0 Å². The van der Waals surface area contributed by atoms with E-state index in [0.717, 1.165) is 12.0 Å². The van der Waals surface area contributed by atoms with Gasteiger partial charge >= 0.3 is 0 Å². The number of rotatable bonds is 3. The van der Waals surface area contributed by atoms with E-state index < -0.39 is 0 Å². The largest absolute Gasteiger partial charge is 0.382 e. The Morgan fingerprint density at radius 1 is 1.54 bits per heavy atom. The summed E-state index contributed by atoms with van der Waals surface area (Å²) in [6.45, 7) is 5.77. The van der Waals surface area contributed by atoms with Gasteiger partial charge in [-0.15, -0.1) is 0 Å². The molecule has 0 amide bonds. The molecule has 0 saturated carbocycles. The number of ether oxygens (including phenoxy) is 1. The highest BCUT2D eigenvalue weighted by atomic mass is 16.5. The van der Waals surface area contributed by atoms with Crippen molar-refractivity contribution >= 4 is 0 Å². The molecule has 2 unspecified atom stereocenters. The highest BCUT2D eigenvalue weighted by Gasteiger charge is 2.26. The average Bonchev–Trinajstić information content (AvgIpc) is 2.13. The summed E-state index contributed by atoms with van der Waals surface area (Å²) in [5.41, 5.74) is 0. The molecule has 0 radical (unpaired) electrons. The van der Waals surface area contributed by atoms with Gasteiger partial charge in [-0.2, -0.15) is 0 Å². The standard InChI is InChI=1S/C11H23NO/c1-9(13-4)8-11-6-5-7-12(3)10(11)2/h9-11H,5-8H2,1-4H3/t9?,10-,11?/m0/s1. The van der Waals surface area contributed by atoms with E-state index in [9.17, 15) is 0 Å². The smallest absolute Gasteiger partial charge is 0.0546 e. The quantitative estimate of drug-likeness (QED) is 0.668. The lowest BCUT2D eigenvalue weighted by molar-refractivity contribution is 0.0549. The summed E-state index contributed by atoms with van der Waals surface area (Å²) < 4.78 is 5.32. The van der Waals surface area contributed by atoms with Crippen molar-refractivity contribution < 1.29 is 4.74 Å². The summed E-state index contributed by atoms with van der Waals surface area (Å²) in [7, 11) is 4.04. The Balaban J connectivity index is 2.39. The normalized spacial score (nSPS) is 33.2. The van der Waals surface area contributed by atoms with E-state index in [1.807, 2.05) is 7.11 Å². The summed E-state index contributed by atoms with van der Waals surface area (Å²) in [4.78, 5) is 2.47. The maximum Gasteiger partial charge on any atom is 0.0546 e. The summed E-state index contributed by atoms with van der Waals surface area (Å²) in [5.74, 6) is 0.827. The fourth-order valence-electron chi connectivity index (χ4n) is 2.24. The summed E-state index contributed by atoms with van der Waals surface area (Å²) in [6.07, 6.45) is 4.35. The van der Waals surface area contributed by atoms with Crippen LogP contribution in [0.2, 0.25) is 0 Å². The molecule has 2 heteroatoms. The molecule has 3 atom stereocenters. The Hall–Kier alpha value is -0.0800. The molecule has 0 spiro atoms. The number of piperidine rings is 1. The molecule has 2 nitrogen and oxygen atoms in total. The highest BCUT2D eigenvalue weighted by molar-refractivity contribution is 4.80. The first-order chi connectivity index (χ1) is 6.15. The number of hydrogen-bond donors (Lipinski definition) is 0. The monoisotopic (exact) mass is 185 g/mol. The second kappa shape index (κ2) is 4.97. The van der Waals surface area contributed by atoms with E-state index >= 15 is 0 Å². The Kier molecular flexibility index (Phi) is 4.20. The Morgan fingerprint density at radius 3 is 2.85 bits per heavy atom. The third kappa shape index (κ3) is 2.96. The second-order valence-corrected chi connectivity index (χ2v) is 4.41. The van der Waals surface area contributed by atoms with Crippen LogP contribution in [0.4, 0.5) is 0 Å². The van der Waals surface area contributed by atoms with E-state index in [0.29, 0.717) is 6.10 Å². The van der Waals surface area contributed by atoms with Gasteiger partial charge in [0, 0.05) is 13.2 Å². The van der Waals surface area contributed by atoms with Gasteiger partial charge in [0.1, 0.15) is 0 Å². The lowest BCUT2D eigenvalue weighted by Gasteiger charge is -2.37. The van der Waals surface area contributed by atoms with E-state index in [1.165, 1.54) is 25.8 Å². The van der Waals surface area contributed by atoms with Crippen molar-refractivity contribution in [2.24, 2.45) is 5.92 Å². The van der Waals surface area contributed by atoms with Crippen molar-refractivity contribution in [3.63, 3.8) is 0 Å². The van der Waals surface area contributed by atoms with Crippen LogP contribution in [0, 0.1) is 5.92 Å². The molecule has 0 aromatic carbocycles. The predicted octanol–water partition coefficient (Wildman–Crippen LogP) is 2.14. The zero-order chi connectivity index (χ0) is 9.84. The fraction of sp³-hybridized carbons (Fsp3) is 1.00. The van der Waals surface area contributed by atoms with Gasteiger partial charge in [-0.3, -0.25) is 0 Å². The van der Waals surface area contributed by atoms with E-state index in [1.54, 1.807) is 0 Å². The number of nitrogens with zero attached hydrogens (tertiary/aromatic N) is 1. The van der Waals surface area contributed by atoms with Crippen LogP contribution in [0.5, 0.6) is 0 Å². The average molecular weight is 185 g/mol. The molecule has 0 aromatic rings. The summed E-state index contributed by atoms with van der Waals surface area (Å²) >= 11 is 0. The third-order valence-corrected chi connectivity index (χ3v) is 3.50. The maximum absolute atomic E-state index is 5.32. The molecule has 0 aromatic heterocycles. The Morgan fingerprint density at radius 2 is 2.23 bits per heavy atom. The van der Waals surface area contributed by atoms with Crippen LogP contribution in [-0.4, -0.2) is 37.7 Å². The van der Waals surface area contributed by atoms with Crippen LogP contribution in [-0.2, 0) is 4.74 Å². The molecule has 13 heavy (non-hydrogen) atoms. The lowest BCUT2D eigenvalue weighted by Crippen LogP contribution is -2.41. The Labute approximate surface area is 82.3 Å². The van der Waals surface area contributed by atoms with Crippen molar-refractivity contribution in [2.75, 3.05) is 20.7 Å². The molecule has 1 aliphatic heterocycles. The summed E-state index contributed by atoms with van der Waals surface area (Å²) in [5, 5.41) is 0. The van der Waals surface area contributed by atoms with Crippen LogP contribution in [0.3, 0.4) is 0 Å². The maximum atomic E-state index is 5.32. The van der Waals surface area contributed by atoms with Gasteiger partial charge in [-0.25, -0.2) is 0 Å². The molecule has 1 fully saturated rings. The molecule has 0 N–H and O–H groups in total. The molecular formula is C11H23NO. The third-order valence-electron chi connectivity index (χ3n) is 3.50. The molecule has 1 aliphatic rings. The van der Waals surface area contributed by atoms with Crippen molar-refractivity contribution in [3.05, 3.63) is 0 Å². The van der Waals surface area contributed by atoms with Crippen LogP contribution in [0.25, 0.3) is 0 Å². The molecule has 0 aliphatic carbocycles. The minimum atomic E-state index is 0.416. The van der Waals surface area contributed by atoms with Gasteiger partial charge in [0.05, 0.1) is 6.10 Å². The van der Waals surface area contributed by atoms with Gasteiger partial charge in [0.25, 0.3) is 0 Å². The van der Waals surface area contributed by atoms with Gasteiger partial charge in [-0.05, 0) is 52.6 Å². The van der Waals surface area contributed by atoms with Gasteiger partial charge in [0.2, 0.25) is 0 Å². The first-order valence-electron chi connectivity index (χ1n) is 5.38. The topological polar surface area (TPSA) is 12.5 Å². The fourth-order valence-corrected chi connectivity index (χ4v) is 2.24. The predicted molar refractivity (Wildman–Crippen MR) is 55.9 cm³/mol. The Bertz CT molecular complexity index is 149. The summed E-state index contributed by atoms with van der Waals surface area (Å²) in [6, 6.07) is 0.728. The molecule has 1 heterocycles. The molecule has 1 saturated heterocycles. The van der Waals surface area contributed by atoms with Gasteiger partial charge < -0.3 is 9.64 Å². The highest BCUT2D eigenvalue weighted by Crippen LogP contribution is 2.26. The van der Waals surface area contributed by atoms with Crippen LogP contribution in [0.1, 0.15) is 33.1 Å². The van der Waals surface area contributed by atoms with Crippen LogP contribution < -0.4 is 0 Å². The minimum Gasteiger partial charge on any atom is -0.382 e. The van der Waals surface area contributed by atoms with Crippen LogP contribution in [0.15, 0.2) is 0 Å². The zero-order valence-electron chi connectivity index (χ0n) is 9.42. The van der Waals surface area contributed by atoms with E-state index in [-0.39, 0.29) is 0 Å². The minimum absolute atomic E-state index is 0.416. The van der Waals surface area contributed by atoms with Crippen molar-refractivity contribution in [1.82, 2.24) is 4.90 Å². The SMILES string of the molecule is COC(C)CC1CCCN(C)[C@H]1C. The van der Waals surface area contributed by atoms with Crippen LogP contribution >= 0.6 is 0 Å². The lowest BCUT2D eigenvalue weighted by atomic mass is 9.86. The van der Waals surface area contributed by atoms with Gasteiger partial charge in [0.15, 0.2) is 0 Å². The number of hydrogen-bond acceptors (Lipinski definition) is 2. The second-order valence-electron chi connectivity index (χ2n) is 4.41. The molecule has 78 valence electrons. The zero-order valence-corrected chi connectivity index (χ0v) is 9.42. The van der Waals surface area contributed by atoms with Crippen molar-refractivity contribution in [1.29, 1.82) is 0 Å². The van der Waals surface area contributed by atoms with E-state index in [4.69, 9.17) is 4.74 Å². The molecule has 1 rings (SSSR count). The number of likely N-dealkylation sites (tertiary alicyclic amines) is 1. The molecular weight excluding hydrogens is 162 g/mol. The van der Waals surface area contributed by atoms with Gasteiger partial charge in [-0.1, -0.05) is 0 Å². The molecule has 0 bridgehead atoms.